The van der Waals surface area contributed by atoms with Crippen LogP contribution in [0.1, 0.15) is 32.1 Å². The molecule has 8 heteroatoms. The molecule has 0 unspecified atom stereocenters. The molecule has 2 aromatic heterocycles. The minimum atomic E-state index is -0.518. The molecule has 126 valence electrons. The van der Waals surface area contributed by atoms with Gasteiger partial charge in [0.2, 0.25) is 0 Å². The average Bonchev–Trinajstić information content (AvgIpc) is 3.32. The minimum Gasteiger partial charge on any atom is -0.363 e. The Hall–Kier alpha value is -3.42. The van der Waals surface area contributed by atoms with E-state index in [1.54, 1.807) is 4.90 Å². The summed E-state index contributed by atoms with van der Waals surface area (Å²) in [5.74, 6) is -0.508. The van der Waals surface area contributed by atoms with Gasteiger partial charge in [0.25, 0.3) is 11.8 Å². The molecule has 1 aliphatic heterocycles. The van der Waals surface area contributed by atoms with Crippen LogP contribution in [0, 0.1) is 0 Å². The van der Waals surface area contributed by atoms with Gasteiger partial charge in [-0.3, -0.25) is 9.59 Å². The molecule has 0 radical (unpaired) electrons. The Kier molecular flexibility index (Phi) is 3.77. The van der Waals surface area contributed by atoms with Crippen LogP contribution in [-0.2, 0) is 13.0 Å². The number of aromatic nitrogens is 3. The van der Waals surface area contributed by atoms with Crippen molar-refractivity contribution in [3.8, 4) is 0 Å². The molecule has 3 aromatic rings. The van der Waals surface area contributed by atoms with Crippen LogP contribution in [0.3, 0.4) is 0 Å². The van der Waals surface area contributed by atoms with E-state index in [-0.39, 0.29) is 23.1 Å². The fraction of sp³-hybridized carbons (Fsp3) is 0.176. The number of nitrogens with zero attached hydrogens (tertiary/aromatic N) is 3. The smallest absolute Gasteiger partial charge is 0.277 e. The molecule has 0 saturated heterocycles. The van der Waals surface area contributed by atoms with Gasteiger partial charge in [-0.15, -0.1) is 0 Å². The second-order valence-electron chi connectivity index (χ2n) is 5.71. The molecular weight excluding hydrogens is 322 g/mol. The van der Waals surface area contributed by atoms with E-state index < -0.39 is 5.91 Å². The lowest BCUT2D eigenvalue weighted by Crippen LogP contribution is -2.37. The quantitative estimate of drug-likeness (QED) is 0.759. The van der Waals surface area contributed by atoms with E-state index in [4.69, 9.17) is 0 Å². The number of carbonyl (C=O) groups excluding carboxylic acids is 2. The zero-order chi connectivity index (χ0) is 17.2. The van der Waals surface area contributed by atoms with Crippen LogP contribution in [0.25, 0.3) is 0 Å². The average molecular weight is 337 g/mol. The molecule has 0 saturated carbocycles. The molecule has 0 spiro atoms. The zero-order valence-electron chi connectivity index (χ0n) is 13.2. The number of aromatic amines is 1. The standard InChI is InChI=1S/C17H15N5O3/c23-16(20-13-6-8-25-21-13)14-15(19-10-18-14)17(24)22-7-5-11-3-1-2-4-12(11)9-22/h1-4,6,8,10H,5,7,9H2,(H,18,19)(H,20,21,23). The van der Waals surface area contributed by atoms with E-state index in [1.807, 2.05) is 18.2 Å². The van der Waals surface area contributed by atoms with E-state index in [1.165, 1.54) is 24.2 Å². The second-order valence-corrected chi connectivity index (χ2v) is 5.71. The number of rotatable bonds is 3. The molecule has 0 aliphatic carbocycles. The summed E-state index contributed by atoms with van der Waals surface area (Å²) in [5.41, 5.74) is 2.57. The predicted octanol–water partition coefficient (Wildman–Crippen LogP) is 1.85. The highest BCUT2D eigenvalue weighted by molar-refractivity contribution is 6.09. The fourth-order valence-corrected chi connectivity index (χ4v) is 2.91. The molecule has 1 aliphatic rings. The van der Waals surface area contributed by atoms with Crippen LogP contribution in [0.2, 0.25) is 0 Å². The fourth-order valence-electron chi connectivity index (χ4n) is 2.91. The van der Waals surface area contributed by atoms with Crippen molar-refractivity contribution in [1.29, 1.82) is 0 Å². The van der Waals surface area contributed by atoms with Gasteiger partial charge in [-0.25, -0.2) is 4.98 Å². The maximum atomic E-state index is 12.8. The molecule has 0 fully saturated rings. The number of nitrogens with one attached hydrogen (secondary N) is 2. The van der Waals surface area contributed by atoms with Gasteiger partial charge in [0, 0.05) is 19.2 Å². The van der Waals surface area contributed by atoms with Crippen molar-refractivity contribution < 1.29 is 14.1 Å². The first-order valence-corrected chi connectivity index (χ1v) is 7.83. The minimum absolute atomic E-state index is 0.0341. The van der Waals surface area contributed by atoms with Gasteiger partial charge < -0.3 is 19.7 Å². The number of hydrogen-bond acceptors (Lipinski definition) is 5. The van der Waals surface area contributed by atoms with Crippen LogP contribution in [0.4, 0.5) is 5.82 Å². The molecule has 8 nitrogen and oxygen atoms in total. The highest BCUT2D eigenvalue weighted by atomic mass is 16.5. The third-order valence-electron chi connectivity index (χ3n) is 4.17. The highest BCUT2D eigenvalue weighted by Crippen LogP contribution is 2.20. The number of imidazole rings is 1. The maximum Gasteiger partial charge on any atom is 0.277 e. The van der Waals surface area contributed by atoms with Gasteiger partial charge in [0.15, 0.2) is 11.5 Å². The Balaban J connectivity index is 1.54. The van der Waals surface area contributed by atoms with Gasteiger partial charge in [-0.05, 0) is 17.5 Å². The lowest BCUT2D eigenvalue weighted by Gasteiger charge is -2.28. The van der Waals surface area contributed by atoms with Crippen molar-refractivity contribution in [1.82, 2.24) is 20.0 Å². The zero-order valence-corrected chi connectivity index (χ0v) is 13.2. The number of fused-ring (bicyclic) bond motifs is 1. The monoisotopic (exact) mass is 337 g/mol. The maximum absolute atomic E-state index is 12.8. The Morgan fingerprint density at radius 2 is 2.04 bits per heavy atom. The van der Waals surface area contributed by atoms with Crippen molar-refractivity contribution in [3.05, 3.63) is 65.4 Å². The van der Waals surface area contributed by atoms with Crippen LogP contribution in [0.15, 0.2) is 47.4 Å². The van der Waals surface area contributed by atoms with Gasteiger partial charge in [-0.1, -0.05) is 29.4 Å². The van der Waals surface area contributed by atoms with Crippen molar-refractivity contribution in [2.75, 3.05) is 11.9 Å². The van der Waals surface area contributed by atoms with Crippen molar-refractivity contribution in [2.24, 2.45) is 0 Å². The van der Waals surface area contributed by atoms with Crippen molar-refractivity contribution >= 4 is 17.6 Å². The largest absolute Gasteiger partial charge is 0.363 e. The summed E-state index contributed by atoms with van der Waals surface area (Å²) in [7, 11) is 0. The molecule has 0 bridgehead atoms. The summed E-state index contributed by atoms with van der Waals surface area (Å²) < 4.78 is 4.67. The first-order chi connectivity index (χ1) is 12.2. The van der Waals surface area contributed by atoms with Crippen LogP contribution < -0.4 is 5.32 Å². The topological polar surface area (TPSA) is 104 Å². The SMILES string of the molecule is O=C(Nc1ccon1)c1nc[nH]c1C(=O)N1CCc2ccccc2C1. The predicted molar refractivity (Wildman–Crippen MR) is 87.9 cm³/mol. The van der Waals surface area contributed by atoms with E-state index in [0.29, 0.717) is 13.1 Å². The Labute approximate surface area is 142 Å². The van der Waals surface area contributed by atoms with Crippen LogP contribution in [-0.4, -0.2) is 38.4 Å². The first kappa shape index (κ1) is 15.1. The number of anilines is 1. The van der Waals surface area contributed by atoms with E-state index in [2.05, 4.69) is 31.0 Å². The first-order valence-electron chi connectivity index (χ1n) is 7.83. The summed E-state index contributed by atoms with van der Waals surface area (Å²) in [5, 5.41) is 6.16. The van der Waals surface area contributed by atoms with Crippen LogP contribution in [0.5, 0.6) is 0 Å². The molecular formula is C17H15N5O3. The van der Waals surface area contributed by atoms with Gasteiger partial charge in [0.1, 0.15) is 12.0 Å². The second kappa shape index (κ2) is 6.23. The number of benzene rings is 1. The lowest BCUT2D eigenvalue weighted by molar-refractivity contribution is 0.0725. The third kappa shape index (κ3) is 2.89. The molecule has 4 rings (SSSR count). The summed E-state index contributed by atoms with van der Waals surface area (Å²) in [6.45, 7) is 1.11. The van der Waals surface area contributed by atoms with E-state index in [0.717, 1.165) is 12.0 Å². The van der Waals surface area contributed by atoms with Crippen molar-refractivity contribution in [2.45, 2.75) is 13.0 Å². The lowest BCUT2D eigenvalue weighted by atomic mass is 9.99. The number of hydrogen-bond donors (Lipinski definition) is 2. The van der Waals surface area contributed by atoms with Gasteiger partial charge in [-0.2, -0.15) is 0 Å². The molecule has 2 N–H and O–H groups in total. The van der Waals surface area contributed by atoms with E-state index >= 15 is 0 Å². The highest BCUT2D eigenvalue weighted by Gasteiger charge is 2.27. The Bertz CT molecular complexity index is 916. The summed E-state index contributed by atoms with van der Waals surface area (Å²) in [6, 6.07) is 9.55. The van der Waals surface area contributed by atoms with E-state index in [9.17, 15) is 9.59 Å². The number of amides is 2. The number of H-pyrrole nitrogens is 1. The number of carbonyl (C=O) groups is 2. The normalized spacial score (nSPS) is 13.4. The third-order valence-corrected chi connectivity index (χ3v) is 4.17. The molecule has 1 aromatic carbocycles. The molecule has 0 atom stereocenters. The molecule has 25 heavy (non-hydrogen) atoms. The molecule has 3 heterocycles. The van der Waals surface area contributed by atoms with Gasteiger partial charge in [0.05, 0.1) is 6.33 Å². The molecule has 2 amide bonds. The van der Waals surface area contributed by atoms with Gasteiger partial charge >= 0.3 is 0 Å². The summed E-state index contributed by atoms with van der Waals surface area (Å²) >= 11 is 0. The van der Waals surface area contributed by atoms with Crippen molar-refractivity contribution in [3.63, 3.8) is 0 Å². The Morgan fingerprint density at radius 1 is 1.20 bits per heavy atom. The summed E-state index contributed by atoms with van der Waals surface area (Å²) in [4.78, 5) is 33.6. The summed E-state index contributed by atoms with van der Waals surface area (Å²) in [6.07, 6.45) is 3.47. The Morgan fingerprint density at radius 3 is 2.84 bits per heavy atom. The van der Waals surface area contributed by atoms with Crippen LogP contribution >= 0.6 is 0 Å².